The topological polar surface area (TPSA) is 72.8 Å². The molecule has 0 heterocycles. The van der Waals surface area contributed by atoms with Crippen molar-refractivity contribution in [3.05, 3.63) is 12.2 Å². The highest BCUT2D eigenvalue weighted by atomic mass is 16.6. The van der Waals surface area contributed by atoms with Crippen LogP contribution in [0.25, 0.3) is 0 Å². The molecule has 0 spiro atoms. The number of allylic oxidation sites excluding steroid dienone is 2. The number of esters is 2. The summed E-state index contributed by atoms with van der Waals surface area (Å²) in [6, 6.07) is 0. The van der Waals surface area contributed by atoms with Crippen molar-refractivity contribution in [2.24, 2.45) is 0 Å². The van der Waals surface area contributed by atoms with Crippen LogP contribution in [-0.4, -0.2) is 36.4 Å². The van der Waals surface area contributed by atoms with Gasteiger partial charge in [0, 0.05) is 12.8 Å². The summed E-state index contributed by atoms with van der Waals surface area (Å²) in [5.74, 6) is -0.582. The zero-order chi connectivity index (χ0) is 36.4. The lowest BCUT2D eigenvalue weighted by atomic mass is 10.0. The molecule has 0 bridgehead atoms. The first-order valence-corrected chi connectivity index (χ1v) is 22.2. The molecule has 0 radical (unpaired) electrons. The number of aliphatic hydroxyl groups is 1. The van der Waals surface area contributed by atoms with Crippen LogP contribution in [0.1, 0.15) is 245 Å². The Bertz CT molecular complexity index is 720. The molecule has 0 aromatic rings. The van der Waals surface area contributed by atoms with E-state index in [9.17, 15) is 14.7 Å². The van der Waals surface area contributed by atoms with Crippen molar-refractivity contribution in [2.75, 3.05) is 13.2 Å². The number of aliphatic hydroxyl groups excluding tert-OH is 1. The van der Waals surface area contributed by atoms with Gasteiger partial charge in [-0.15, -0.1) is 0 Å². The van der Waals surface area contributed by atoms with Crippen LogP contribution in [0, 0.1) is 0 Å². The van der Waals surface area contributed by atoms with Crippen LogP contribution >= 0.6 is 0 Å². The highest BCUT2D eigenvalue weighted by molar-refractivity contribution is 5.70. The second kappa shape index (κ2) is 42.1. The molecule has 0 saturated heterocycles. The summed E-state index contributed by atoms with van der Waals surface area (Å²) in [5, 5.41) is 9.58. The predicted molar refractivity (Wildman–Crippen MR) is 215 cm³/mol. The average molecular weight is 707 g/mol. The van der Waals surface area contributed by atoms with Gasteiger partial charge in [-0.1, -0.05) is 206 Å². The van der Waals surface area contributed by atoms with Gasteiger partial charge in [-0.2, -0.15) is 0 Å². The summed E-state index contributed by atoms with van der Waals surface area (Å²) in [6.07, 6.45) is 48.6. The van der Waals surface area contributed by atoms with Gasteiger partial charge in [-0.3, -0.25) is 9.59 Å². The van der Waals surface area contributed by atoms with E-state index < -0.39 is 6.10 Å². The van der Waals surface area contributed by atoms with E-state index in [0.29, 0.717) is 12.8 Å². The lowest BCUT2D eigenvalue weighted by Gasteiger charge is -2.15. The summed E-state index contributed by atoms with van der Waals surface area (Å²) in [4.78, 5) is 24.3. The van der Waals surface area contributed by atoms with Crippen molar-refractivity contribution in [1.82, 2.24) is 0 Å². The van der Waals surface area contributed by atoms with Crippen LogP contribution in [0.4, 0.5) is 0 Å². The molecule has 1 N–H and O–H groups in total. The van der Waals surface area contributed by atoms with Gasteiger partial charge in [-0.05, 0) is 38.5 Å². The van der Waals surface area contributed by atoms with E-state index >= 15 is 0 Å². The second-order valence-electron chi connectivity index (χ2n) is 15.1. The Balaban J connectivity index is 3.47. The van der Waals surface area contributed by atoms with Crippen LogP contribution in [0.5, 0.6) is 0 Å². The molecule has 5 heteroatoms. The summed E-state index contributed by atoms with van der Waals surface area (Å²) >= 11 is 0. The van der Waals surface area contributed by atoms with Crippen molar-refractivity contribution in [3.8, 4) is 0 Å². The van der Waals surface area contributed by atoms with Gasteiger partial charge in [0.15, 0.2) is 6.10 Å². The number of ether oxygens (including phenoxy) is 2. The summed E-state index contributed by atoms with van der Waals surface area (Å²) < 4.78 is 10.6. The maximum absolute atomic E-state index is 12.2. The molecule has 0 amide bonds. The van der Waals surface area contributed by atoms with Crippen molar-refractivity contribution >= 4 is 11.9 Å². The molecule has 0 aromatic heterocycles. The Morgan fingerprint density at radius 1 is 0.440 bits per heavy atom. The minimum Gasteiger partial charge on any atom is -0.462 e. The first-order chi connectivity index (χ1) is 24.6. The van der Waals surface area contributed by atoms with Gasteiger partial charge in [0.05, 0.1) is 6.61 Å². The minimum atomic E-state index is -0.766. The van der Waals surface area contributed by atoms with Crippen LogP contribution in [0.2, 0.25) is 0 Å². The summed E-state index contributed by atoms with van der Waals surface area (Å²) in [5.41, 5.74) is 0. The summed E-state index contributed by atoms with van der Waals surface area (Å²) in [6.45, 7) is 4.15. The zero-order valence-electron chi connectivity index (χ0n) is 33.7. The molecule has 0 aliphatic carbocycles. The fourth-order valence-corrected chi connectivity index (χ4v) is 6.67. The Labute approximate surface area is 311 Å². The van der Waals surface area contributed by atoms with Crippen molar-refractivity contribution in [3.63, 3.8) is 0 Å². The molecular formula is C45H86O5. The molecular weight excluding hydrogens is 620 g/mol. The zero-order valence-corrected chi connectivity index (χ0v) is 33.7. The third-order valence-corrected chi connectivity index (χ3v) is 10.1. The van der Waals surface area contributed by atoms with E-state index in [1.165, 1.54) is 180 Å². The minimum absolute atomic E-state index is 0.0619. The monoisotopic (exact) mass is 707 g/mol. The van der Waals surface area contributed by atoms with Crippen LogP contribution < -0.4 is 0 Å². The third-order valence-electron chi connectivity index (χ3n) is 10.1. The maximum atomic E-state index is 12.2. The first-order valence-electron chi connectivity index (χ1n) is 22.2. The molecule has 1 atom stereocenters. The fraction of sp³-hybridized carbons (Fsp3) is 0.911. The normalized spacial score (nSPS) is 12.1. The molecule has 0 unspecified atom stereocenters. The lowest BCUT2D eigenvalue weighted by molar-refractivity contribution is -0.161. The van der Waals surface area contributed by atoms with E-state index in [1.807, 2.05) is 0 Å². The molecule has 0 aliphatic heterocycles. The summed E-state index contributed by atoms with van der Waals surface area (Å²) in [7, 11) is 0. The van der Waals surface area contributed by atoms with Crippen LogP contribution in [0.15, 0.2) is 12.2 Å². The van der Waals surface area contributed by atoms with Gasteiger partial charge < -0.3 is 14.6 Å². The molecule has 5 nitrogen and oxygen atoms in total. The number of hydrogen-bond donors (Lipinski definition) is 1. The molecule has 0 saturated carbocycles. The van der Waals surface area contributed by atoms with Gasteiger partial charge in [-0.25, -0.2) is 0 Å². The first kappa shape index (κ1) is 48.6. The molecule has 0 fully saturated rings. The average Bonchev–Trinajstić information content (AvgIpc) is 3.12. The Hall–Kier alpha value is -1.36. The van der Waals surface area contributed by atoms with Crippen molar-refractivity contribution < 1.29 is 24.2 Å². The lowest BCUT2D eigenvalue weighted by Crippen LogP contribution is -2.28. The van der Waals surface area contributed by atoms with Crippen LogP contribution in [-0.2, 0) is 19.1 Å². The van der Waals surface area contributed by atoms with E-state index in [2.05, 4.69) is 26.0 Å². The molecule has 0 aliphatic rings. The quantitative estimate of drug-likeness (QED) is 0.0389. The SMILES string of the molecule is CCCCCCC=CCCCCCCCCCC(=O)OC[C@H](CO)OC(=O)CCCCCCCCCCCCCCCCCCCCCCC. The highest BCUT2D eigenvalue weighted by Gasteiger charge is 2.16. The largest absolute Gasteiger partial charge is 0.462 e. The fourth-order valence-electron chi connectivity index (χ4n) is 6.67. The number of rotatable bonds is 41. The Morgan fingerprint density at radius 2 is 0.740 bits per heavy atom. The van der Waals surface area contributed by atoms with Gasteiger partial charge in [0.2, 0.25) is 0 Å². The smallest absolute Gasteiger partial charge is 0.306 e. The van der Waals surface area contributed by atoms with E-state index in [-0.39, 0.29) is 25.2 Å². The standard InChI is InChI=1S/C45H86O5/c1-3-5-7-9-11-13-15-17-19-20-21-22-23-24-26-28-30-32-34-36-38-40-45(48)50-43(41-46)42-49-44(47)39-37-35-33-31-29-27-25-18-16-14-12-10-8-6-4-2/h14,16,43,46H,3-13,15,17-42H2,1-2H3/t43-/m0/s1. The van der Waals surface area contributed by atoms with Gasteiger partial charge in [0.25, 0.3) is 0 Å². The van der Waals surface area contributed by atoms with Crippen molar-refractivity contribution in [1.29, 1.82) is 0 Å². The molecule has 296 valence electrons. The van der Waals surface area contributed by atoms with E-state index in [0.717, 1.165) is 38.5 Å². The number of carbonyl (C=O) groups is 2. The van der Waals surface area contributed by atoms with Gasteiger partial charge in [0.1, 0.15) is 6.61 Å². The van der Waals surface area contributed by atoms with Crippen molar-refractivity contribution in [2.45, 2.75) is 251 Å². The van der Waals surface area contributed by atoms with Crippen LogP contribution in [0.3, 0.4) is 0 Å². The van der Waals surface area contributed by atoms with Gasteiger partial charge >= 0.3 is 11.9 Å². The Morgan fingerprint density at radius 3 is 1.10 bits per heavy atom. The predicted octanol–water partition coefficient (Wildman–Crippen LogP) is 14.1. The molecule has 0 rings (SSSR count). The van der Waals surface area contributed by atoms with E-state index in [4.69, 9.17) is 9.47 Å². The maximum Gasteiger partial charge on any atom is 0.306 e. The molecule has 50 heavy (non-hydrogen) atoms. The highest BCUT2D eigenvalue weighted by Crippen LogP contribution is 2.16. The number of hydrogen-bond acceptors (Lipinski definition) is 5. The van der Waals surface area contributed by atoms with E-state index in [1.54, 1.807) is 0 Å². The second-order valence-corrected chi connectivity index (χ2v) is 15.1. The number of unbranched alkanes of at least 4 members (excludes halogenated alkanes) is 31. The number of carbonyl (C=O) groups excluding carboxylic acids is 2. The third kappa shape index (κ3) is 39.4. The Kier molecular flexibility index (Phi) is 40.9. The molecule has 0 aromatic carbocycles.